The molecule has 4 nitrogen and oxygen atoms in total. The molecule has 76 valence electrons. The van der Waals surface area contributed by atoms with Crippen LogP contribution in [-0.2, 0) is 4.74 Å². The normalized spacial score (nSPS) is 21.3. The molecule has 1 aliphatic rings. The molecule has 0 aromatic heterocycles. The lowest BCUT2D eigenvalue weighted by atomic mass is 10.1. The lowest BCUT2D eigenvalue weighted by Crippen LogP contribution is -2.45. The first kappa shape index (κ1) is 10.3. The molecule has 1 amide bonds. The van der Waals surface area contributed by atoms with Gasteiger partial charge in [0.15, 0.2) is 0 Å². The second-order valence-corrected chi connectivity index (χ2v) is 4.35. The lowest BCUT2D eigenvalue weighted by molar-refractivity contribution is 0.0979. The molecule has 1 aliphatic heterocycles. The molecule has 13 heavy (non-hydrogen) atoms. The number of hydrogen-bond acceptors (Lipinski definition) is 2. The van der Waals surface area contributed by atoms with Gasteiger partial charge in [0.2, 0.25) is 0 Å². The van der Waals surface area contributed by atoms with E-state index in [4.69, 9.17) is 9.84 Å². The number of epoxide rings is 1. The Morgan fingerprint density at radius 2 is 2.15 bits per heavy atom. The van der Waals surface area contributed by atoms with Crippen molar-refractivity contribution in [3.63, 3.8) is 0 Å². The van der Waals surface area contributed by atoms with Crippen LogP contribution >= 0.6 is 0 Å². The third-order valence-electron chi connectivity index (χ3n) is 2.12. The minimum absolute atomic E-state index is 0.296. The monoisotopic (exact) mass is 187 g/mol. The zero-order valence-electron chi connectivity index (χ0n) is 8.41. The summed E-state index contributed by atoms with van der Waals surface area (Å²) in [6.07, 6.45) is 0.251. The topological polar surface area (TPSA) is 53.1 Å². The van der Waals surface area contributed by atoms with Gasteiger partial charge in [-0.25, -0.2) is 4.79 Å². The molecule has 1 heterocycles. The van der Waals surface area contributed by atoms with Crippen LogP contribution in [0, 0.1) is 0 Å². The maximum Gasteiger partial charge on any atom is 0.407 e. The smallest absolute Gasteiger partial charge is 0.407 e. The maximum absolute atomic E-state index is 10.9. The summed E-state index contributed by atoms with van der Waals surface area (Å²) in [6.45, 7) is 7.04. The van der Waals surface area contributed by atoms with E-state index in [1.54, 1.807) is 0 Å². The van der Waals surface area contributed by atoms with Gasteiger partial charge in [-0.3, -0.25) is 0 Å². The number of rotatable bonds is 3. The number of amides is 1. The molecule has 1 rings (SSSR count). The molecule has 1 fully saturated rings. The molecule has 0 bridgehead atoms. The van der Waals surface area contributed by atoms with Crippen molar-refractivity contribution in [2.45, 2.75) is 38.8 Å². The van der Waals surface area contributed by atoms with Crippen molar-refractivity contribution < 1.29 is 14.6 Å². The van der Waals surface area contributed by atoms with Gasteiger partial charge >= 0.3 is 6.09 Å². The molecule has 1 saturated heterocycles. The predicted octanol–water partition coefficient (Wildman–Crippen LogP) is 1.55. The van der Waals surface area contributed by atoms with Crippen molar-refractivity contribution in [3.05, 3.63) is 0 Å². The van der Waals surface area contributed by atoms with E-state index in [1.165, 1.54) is 4.90 Å². The summed E-state index contributed by atoms with van der Waals surface area (Å²) in [4.78, 5) is 12.3. The van der Waals surface area contributed by atoms with Gasteiger partial charge in [0, 0.05) is 12.1 Å². The van der Waals surface area contributed by atoms with E-state index in [0.717, 1.165) is 13.0 Å². The Labute approximate surface area is 78.5 Å². The van der Waals surface area contributed by atoms with Gasteiger partial charge in [-0.05, 0) is 27.2 Å². The Morgan fingerprint density at radius 3 is 2.46 bits per heavy atom. The second-order valence-electron chi connectivity index (χ2n) is 4.35. The van der Waals surface area contributed by atoms with Crippen LogP contribution in [0.4, 0.5) is 4.79 Å². The van der Waals surface area contributed by atoms with E-state index in [2.05, 4.69) is 0 Å². The number of hydrogen-bond donors (Lipinski definition) is 1. The van der Waals surface area contributed by atoms with Gasteiger partial charge < -0.3 is 14.7 Å². The van der Waals surface area contributed by atoms with E-state index >= 15 is 0 Å². The van der Waals surface area contributed by atoms with E-state index in [-0.39, 0.29) is 5.54 Å². The van der Waals surface area contributed by atoms with Crippen LogP contribution in [0.5, 0.6) is 0 Å². The first-order valence-electron chi connectivity index (χ1n) is 4.53. The molecule has 0 radical (unpaired) electrons. The average molecular weight is 187 g/mol. The summed E-state index contributed by atoms with van der Waals surface area (Å²) in [6, 6.07) is 0. The van der Waals surface area contributed by atoms with Crippen molar-refractivity contribution in [1.82, 2.24) is 4.90 Å². The molecule has 4 heteroatoms. The molecule has 0 spiro atoms. The van der Waals surface area contributed by atoms with Crippen molar-refractivity contribution in [2.75, 3.05) is 13.2 Å². The summed E-state index contributed by atoms with van der Waals surface area (Å²) in [7, 11) is 0. The van der Waals surface area contributed by atoms with Crippen LogP contribution in [0.1, 0.15) is 27.2 Å². The van der Waals surface area contributed by atoms with Gasteiger partial charge in [-0.2, -0.15) is 0 Å². The SMILES string of the molecule is CC(C)(C)N(CCC1CO1)C(=O)O. The first-order valence-corrected chi connectivity index (χ1v) is 4.53. The van der Waals surface area contributed by atoms with Crippen molar-refractivity contribution in [3.8, 4) is 0 Å². The highest BCUT2D eigenvalue weighted by Crippen LogP contribution is 2.18. The van der Waals surface area contributed by atoms with E-state index in [0.29, 0.717) is 12.6 Å². The average Bonchev–Trinajstić information content (AvgIpc) is 2.66. The van der Waals surface area contributed by atoms with Gasteiger partial charge in [-0.15, -0.1) is 0 Å². The molecule has 1 N–H and O–H groups in total. The van der Waals surface area contributed by atoms with Gasteiger partial charge in [0.25, 0.3) is 0 Å². The van der Waals surface area contributed by atoms with Gasteiger partial charge in [0.05, 0.1) is 12.7 Å². The molecule has 0 aromatic rings. The second kappa shape index (κ2) is 3.54. The van der Waals surface area contributed by atoms with E-state index in [9.17, 15) is 4.79 Å². The Bertz CT molecular complexity index is 194. The standard InChI is InChI=1S/C9H17NO3/c1-9(2,3)10(8(11)12)5-4-7-6-13-7/h7H,4-6H2,1-3H3,(H,11,12). The van der Waals surface area contributed by atoms with E-state index in [1.807, 2.05) is 20.8 Å². The maximum atomic E-state index is 10.9. The van der Waals surface area contributed by atoms with Gasteiger partial charge in [-0.1, -0.05) is 0 Å². The Morgan fingerprint density at radius 1 is 1.62 bits per heavy atom. The summed E-state index contributed by atoms with van der Waals surface area (Å²) < 4.78 is 5.03. The van der Waals surface area contributed by atoms with Crippen LogP contribution in [-0.4, -0.2) is 40.9 Å². The molecule has 1 unspecified atom stereocenters. The lowest BCUT2D eigenvalue weighted by Gasteiger charge is -2.32. The fourth-order valence-corrected chi connectivity index (χ4v) is 1.23. The number of ether oxygens (including phenoxy) is 1. The minimum Gasteiger partial charge on any atom is -0.465 e. The predicted molar refractivity (Wildman–Crippen MR) is 48.8 cm³/mol. The Hall–Kier alpha value is -0.770. The van der Waals surface area contributed by atoms with Crippen LogP contribution in [0.25, 0.3) is 0 Å². The van der Waals surface area contributed by atoms with Crippen LogP contribution in [0.2, 0.25) is 0 Å². The fourth-order valence-electron chi connectivity index (χ4n) is 1.23. The van der Waals surface area contributed by atoms with Crippen LogP contribution in [0.15, 0.2) is 0 Å². The molecule has 0 aromatic carbocycles. The molecule has 0 aliphatic carbocycles. The van der Waals surface area contributed by atoms with Crippen molar-refractivity contribution in [2.24, 2.45) is 0 Å². The summed E-state index contributed by atoms with van der Waals surface area (Å²) in [5.74, 6) is 0. The molecular weight excluding hydrogens is 170 g/mol. The van der Waals surface area contributed by atoms with Crippen LogP contribution in [0.3, 0.4) is 0 Å². The Balaban J connectivity index is 2.41. The highest BCUT2D eigenvalue weighted by atomic mass is 16.6. The molecule has 1 atom stereocenters. The zero-order valence-corrected chi connectivity index (χ0v) is 8.41. The molecular formula is C9H17NO3. The number of carbonyl (C=O) groups is 1. The van der Waals surface area contributed by atoms with Crippen molar-refractivity contribution >= 4 is 6.09 Å². The Kier molecular flexibility index (Phi) is 2.81. The van der Waals surface area contributed by atoms with Crippen LogP contribution < -0.4 is 0 Å². The minimum atomic E-state index is -0.854. The third-order valence-corrected chi connectivity index (χ3v) is 2.12. The summed E-state index contributed by atoms with van der Waals surface area (Å²) in [5, 5.41) is 8.93. The van der Waals surface area contributed by atoms with E-state index < -0.39 is 6.09 Å². The highest BCUT2D eigenvalue weighted by molar-refractivity contribution is 5.65. The quantitative estimate of drug-likeness (QED) is 0.682. The molecule has 0 saturated carbocycles. The fraction of sp³-hybridized carbons (Fsp3) is 0.889. The highest BCUT2D eigenvalue weighted by Gasteiger charge is 2.29. The zero-order chi connectivity index (χ0) is 10.1. The third kappa shape index (κ3) is 3.22. The number of nitrogens with zero attached hydrogens (tertiary/aromatic N) is 1. The summed E-state index contributed by atoms with van der Waals surface area (Å²) >= 11 is 0. The van der Waals surface area contributed by atoms with Crippen molar-refractivity contribution in [1.29, 1.82) is 0 Å². The first-order chi connectivity index (χ1) is 5.91. The summed E-state index contributed by atoms with van der Waals surface area (Å²) in [5.41, 5.74) is -0.319. The van der Waals surface area contributed by atoms with Gasteiger partial charge in [0.1, 0.15) is 0 Å². The largest absolute Gasteiger partial charge is 0.465 e. The number of carboxylic acid groups (broad SMARTS) is 1.